The molecule has 0 bridgehead atoms. The van der Waals surface area contributed by atoms with E-state index in [9.17, 15) is 0 Å². The molecule has 12 aromatic rings. The van der Waals surface area contributed by atoms with E-state index in [0.717, 1.165) is 105 Å². The lowest BCUT2D eigenvalue weighted by Gasteiger charge is -2.18. The van der Waals surface area contributed by atoms with Crippen LogP contribution < -0.4 is 0 Å². The zero-order chi connectivity index (χ0) is 39.6. The fraction of sp³-hybridized carbons (Fsp3) is 0. The summed E-state index contributed by atoms with van der Waals surface area (Å²) in [5, 5.41) is 6.58. The van der Waals surface area contributed by atoms with Crippen molar-refractivity contribution in [3.63, 3.8) is 0 Å². The van der Waals surface area contributed by atoms with Gasteiger partial charge in [-0.15, -0.1) is 0 Å². The maximum atomic E-state index is 6.63. The monoisotopic (exact) mass is 766 g/mol. The Labute approximate surface area is 345 Å². The summed E-state index contributed by atoms with van der Waals surface area (Å²) < 4.78 is 13.3. The average molecular weight is 767 g/mol. The SMILES string of the molecule is c1ccc(-c2ccc(-c3c(-c4ccccc4)ccc4ccccc34)cc2-c2nc(-c3cccc4c3oc3ccccc34)cc(-c3cccc4c3oc3ccccc34)n2)cc1. The van der Waals surface area contributed by atoms with Crippen molar-refractivity contribution in [1.82, 2.24) is 9.97 Å². The second-order valence-corrected chi connectivity index (χ2v) is 15.2. The molecular weight excluding hydrogens is 733 g/mol. The number of hydrogen-bond acceptors (Lipinski definition) is 4. The van der Waals surface area contributed by atoms with Crippen molar-refractivity contribution in [2.45, 2.75) is 0 Å². The number of para-hydroxylation sites is 4. The Balaban J connectivity index is 1.17. The largest absolute Gasteiger partial charge is 0.455 e. The fourth-order valence-electron chi connectivity index (χ4n) is 8.94. The molecule has 0 atom stereocenters. The van der Waals surface area contributed by atoms with Crippen LogP contribution in [0.5, 0.6) is 0 Å². The molecular formula is C56H34N2O2. The molecule has 9 aromatic carbocycles. The van der Waals surface area contributed by atoms with Gasteiger partial charge < -0.3 is 8.83 Å². The molecule has 0 aliphatic carbocycles. The number of nitrogens with zero attached hydrogens (tertiary/aromatic N) is 2. The molecule has 0 amide bonds. The second kappa shape index (κ2) is 13.8. The zero-order valence-corrected chi connectivity index (χ0v) is 32.3. The van der Waals surface area contributed by atoms with Gasteiger partial charge in [-0.1, -0.05) is 170 Å². The molecule has 0 aliphatic rings. The van der Waals surface area contributed by atoms with Crippen LogP contribution >= 0.6 is 0 Å². The molecule has 0 saturated heterocycles. The van der Waals surface area contributed by atoms with E-state index >= 15 is 0 Å². The first-order valence-electron chi connectivity index (χ1n) is 20.2. The minimum Gasteiger partial charge on any atom is -0.455 e. The Hall–Kier alpha value is -8.08. The molecule has 12 rings (SSSR count). The van der Waals surface area contributed by atoms with Crippen molar-refractivity contribution in [1.29, 1.82) is 0 Å². The van der Waals surface area contributed by atoms with Crippen LogP contribution in [0, 0.1) is 0 Å². The summed E-state index contributed by atoms with van der Waals surface area (Å²) in [6, 6.07) is 72.1. The Kier molecular flexibility index (Phi) is 7.82. The lowest BCUT2D eigenvalue weighted by Crippen LogP contribution is -1.99. The highest BCUT2D eigenvalue weighted by molar-refractivity contribution is 6.11. The smallest absolute Gasteiger partial charge is 0.161 e. The molecule has 0 N–H and O–H groups in total. The van der Waals surface area contributed by atoms with Crippen LogP contribution in [-0.4, -0.2) is 9.97 Å². The molecule has 60 heavy (non-hydrogen) atoms. The maximum absolute atomic E-state index is 6.63. The predicted molar refractivity (Wildman–Crippen MR) is 247 cm³/mol. The van der Waals surface area contributed by atoms with Gasteiger partial charge in [0.05, 0.1) is 11.4 Å². The average Bonchev–Trinajstić information content (AvgIpc) is 3.90. The van der Waals surface area contributed by atoms with Gasteiger partial charge in [-0.2, -0.15) is 0 Å². The molecule has 0 unspecified atom stereocenters. The summed E-state index contributed by atoms with van der Waals surface area (Å²) in [5.41, 5.74) is 14.1. The van der Waals surface area contributed by atoms with Crippen LogP contribution in [-0.2, 0) is 0 Å². The lowest BCUT2D eigenvalue weighted by molar-refractivity contribution is 0.669. The van der Waals surface area contributed by atoms with Crippen molar-refractivity contribution in [3.05, 3.63) is 206 Å². The first-order chi connectivity index (χ1) is 29.7. The second-order valence-electron chi connectivity index (χ2n) is 15.2. The topological polar surface area (TPSA) is 52.1 Å². The van der Waals surface area contributed by atoms with Gasteiger partial charge in [0.1, 0.15) is 22.3 Å². The highest BCUT2D eigenvalue weighted by atomic mass is 16.3. The van der Waals surface area contributed by atoms with Gasteiger partial charge in [-0.3, -0.25) is 0 Å². The van der Waals surface area contributed by atoms with Crippen LogP contribution in [0.2, 0.25) is 0 Å². The Morgan fingerprint density at radius 1 is 0.300 bits per heavy atom. The summed E-state index contributed by atoms with van der Waals surface area (Å²) >= 11 is 0. The Bertz CT molecular complexity index is 3470. The van der Waals surface area contributed by atoms with E-state index in [1.165, 1.54) is 10.8 Å². The summed E-state index contributed by atoms with van der Waals surface area (Å²) in [6.45, 7) is 0. The molecule has 0 radical (unpaired) electrons. The third-order valence-corrected chi connectivity index (χ3v) is 11.7. The van der Waals surface area contributed by atoms with Gasteiger partial charge >= 0.3 is 0 Å². The molecule has 3 heterocycles. The molecule has 4 heteroatoms. The van der Waals surface area contributed by atoms with E-state index in [0.29, 0.717) is 5.82 Å². The maximum Gasteiger partial charge on any atom is 0.161 e. The summed E-state index contributed by atoms with van der Waals surface area (Å²) in [6.07, 6.45) is 0. The summed E-state index contributed by atoms with van der Waals surface area (Å²) in [7, 11) is 0. The van der Waals surface area contributed by atoms with Crippen LogP contribution in [0.15, 0.2) is 215 Å². The fourth-order valence-corrected chi connectivity index (χ4v) is 8.94. The lowest BCUT2D eigenvalue weighted by atomic mass is 9.87. The van der Waals surface area contributed by atoms with Gasteiger partial charge in [0, 0.05) is 38.2 Å². The van der Waals surface area contributed by atoms with Gasteiger partial charge in [-0.25, -0.2) is 9.97 Å². The van der Waals surface area contributed by atoms with Crippen molar-refractivity contribution < 1.29 is 8.83 Å². The van der Waals surface area contributed by atoms with E-state index in [-0.39, 0.29) is 0 Å². The first kappa shape index (κ1) is 34.0. The van der Waals surface area contributed by atoms with Crippen molar-refractivity contribution >= 4 is 54.6 Å². The normalized spacial score (nSPS) is 11.7. The molecule has 0 spiro atoms. The van der Waals surface area contributed by atoms with Crippen LogP contribution in [0.3, 0.4) is 0 Å². The number of benzene rings is 9. The third-order valence-electron chi connectivity index (χ3n) is 11.7. The standard InChI is InChI=1S/C56H34N2O2/c1-3-15-35(16-4-1)39-31-30-38(53-40-20-8-7-19-37(40)29-32-41(53)36-17-5-2-6-18-36)33-48(39)56-57-49(46-25-13-23-44-42-21-9-11-27-51(42)59-54(44)46)34-50(58-56)47-26-14-24-45-43-22-10-12-28-52(43)60-55(45)47/h1-34H. The molecule has 0 aliphatic heterocycles. The quantitative estimate of drug-likeness (QED) is 0.169. The van der Waals surface area contributed by atoms with E-state index in [2.05, 4.69) is 182 Å². The van der Waals surface area contributed by atoms with Crippen LogP contribution in [0.4, 0.5) is 0 Å². The number of rotatable bonds is 6. The highest BCUT2D eigenvalue weighted by Gasteiger charge is 2.22. The first-order valence-corrected chi connectivity index (χ1v) is 20.2. The molecule has 4 nitrogen and oxygen atoms in total. The molecule has 280 valence electrons. The van der Waals surface area contributed by atoms with Crippen molar-refractivity contribution in [2.24, 2.45) is 0 Å². The zero-order valence-electron chi connectivity index (χ0n) is 32.3. The summed E-state index contributed by atoms with van der Waals surface area (Å²) in [4.78, 5) is 11.0. The van der Waals surface area contributed by atoms with Gasteiger partial charge in [0.2, 0.25) is 0 Å². The van der Waals surface area contributed by atoms with Crippen molar-refractivity contribution in [3.8, 4) is 67.3 Å². The molecule has 0 fully saturated rings. The number of fused-ring (bicyclic) bond motifs is 7. The van der Waals surface area contributed by atoms with Crippen LogP contribution in [0.1, 0.15) is 0 Å². The molecule has 3 aromatic heterocycles. The third kappa shape index (κ3) is 5.53. The number of aromatic nitrogens is 2. The van der Waals surface area contributed by atoms with Gasteiger partial charge in [0.25, 0.3) is 0 Å². The highest BCUT2D eigenvalue weighted by Crippen LogP contribution is 2.44. The van der Waals surface area contributed by atoms with Crippen LogP contribution in [0.25, 0.3) is 122 Å². The van der Waals surface area contributed by atoms with E-state index in [1.54, 1.807) is 0 Å². The van der Waals surface area contributed by atoms with Gasteiger partial charge in [0.15, 0.2) is 5.82 Å². The van der Waals surface area contributed by atoms with Gasteiger partial charge in [-0.05, 0) is 80.6 Å². The molecule has 0 saturated carbocycles. The van der Waals surface area contributed by atoms with E-state index < -0.39 is 0 Å². The minimum atomic E-state index is 0.603. The van der Waals surface area contributed by atoms with E-state index in [4.69, 9.17) is 18.8 Å². The Morgan fingerprint density at radius 2 is 0.800 bits per heavy atom. The number of hydrogen-bond donors (Lipinski definition) is 0. The number of furan rings is 2. The minimum absolute atomic E-state index is 0.603. The predicted octanol–water partition coefficient (Wildman–Crippen LogP) is 15.4. The van der Waals surface area contributed by atoms with Crippen molar-refractivity contribution in [2.75, 3.05) is 0 Å². The summed E-state index contributed by atoms with van der Waals surface area (Å²) in [5.74, 6) is 0.603. The Morgan fingerprint density at radius 3 is 1.42 bits per heavy atom. The van der Waals surface area contributed by atoms with E-state index in [1.807, 2.05) is 24.3 Å².